The van der Waals surface area contributed by atoms with Crippen LogP contribution in [-0.2, 0) is 4.79 Å². The highest BCUT2D eigenvalue weighted by Gasteiger charge is 2.30. The first-order valence-electron chi connectivity index (χ1n) is 5.25. The summed E-state index contributed by atoms with van der Waals surface area (Å²) in [6.07, 6.45) is 1.59. The number of pyridine rings is 1. The van der Waals surface area contributed by atoms with Crippen LogP contribution in [0.3, 0.4) is 0 Å². The minimum absolute atomic E-state index is 0.245. The second-order valence-electron chi connectivity index (χ2n) is 3.90. The molecule has 1 fully saturated rings. The second kappa shape index (κ2) is 4.60. The fraction of sp³-hybridized carbons (Fsp3) is 0.364. The van der Waals surface area contributed by atoms with Gasteiger partial charge in [-0.3, -0.25) is 4.79 Å². The first-order chi connectivity index (χ1) is 8.11. The normalized spacial score (nSPS) is 19.1. The molecule has 1 amide bonds. The third kappa shape index (κ3) is 2.32. The molecule has 1 saturated heterocycles. The number of hydrogen-bond donors (Lipinski definition) is 1. The van der Waals surface area contributed by atoms with Crippen LogP contribution in [0.25, 0.3) is 0 Å². The van der Waals surface area contributed by atoms with Crippen LogP contribution in [0.2, 0.25) is 5.15 Å². The van der Waals surface area contributed by atoms with Gasteiger partial charge in [0.1, 0.15) is 17.0 Å². The van der Waals surface area contributed by atoms with Crippen molar-refractivity contribution in [3.05, 3.63) is 22.8 Å². The van der Waals surface area contributed by atoms with Crippen LogP contribution in [-0.4, -0.2) is 23.5 Å². The highest BCUT2D eigenvalue weighted by molar-refractivity contribution is 6.29. The molecule has 1 atom stereocenters. The SMILES string of the molecule is N#Cc1cc(Cl)nc(N2CCCC2C(N)=O)c1. The number of hydrogen-bond acceptors (Lipinski definition) is 4. The number of nitriles is 1. The Morgan fingerprint density at radius 2 is 2.41 bits per heavy atom. The standard InChI is InChI=1S/C11H11ClN4O/c12-9-4-7(6-13)5-10(15-9)16-3-1-2-8(16)11(14)17/h4-5,8H,1-3H2,(H2,14,17). The van der Waals surface area contributed by atoms with Crippen molar-refractivity contribution >= 4 is 23.3 Å². The van der Waals surface area contributed by atoms with E-state index in [4.69, 9.17) is 22.6 Å². The average molecular weight is 251 g/mol. The minimum atomic E-state index is -0.372. The molecule has 2 N–H and O–H groups in total. The number of primary amides is 1. The summed E-state index contributed by atoms with van der Waals surface area (Å²) < 4.78 is 0. The largest absolute Gasteiger partial charge is 0.368 e. The van der Waals surface area contributed by atoms with Gasteiger partial charge in [-0.25, -0.2) is 4.98 Å². The van der Waals surface area contributed by atoms with Gasteiger partial charge in [0.15, 0.2) is 0 Å². The maximum absolute atomic E-state index is 11.3. The molecule has 6 heteroatoms. The highest BCUT2D eigenvalue weighted by Crippen LogP contribution is 2.25. The van der Waals surface area contributed by atoms with Gasteiger partial charge in [0.05, 0.1) is 11.6 Å². The summed E-state index contributed by atoms with van der Waals surface area (Å²) in [5.74, 6) is 0.165. The fourth-order valence-corrected chi connectivity index (χ4v) is 2.24. The summed E-state index contributed by atoms with van der Waals surface area (Å²) in [4.78, 5) is 17.2. The molecule has 0 spiro atoms. The fourth-order valence-electron chi connectivity index (χ4n) is 2.03. The minimum Gasteiger partial charge on any atom is -0.368 e. The number of nitrogens with zero attached hydrogens (tertiary/aromatic N) is 3. The number of amides is 1. The van der Waals surface area contributed by atoms with Gasteiger partial charge in [-0.05, 0) is 25.0 Å². The van der Waals surface area contributed by atoms with Gasteiger partial charge in [0.2, 0.25) is 5.91 Å². The monoisotopic (exact) mass is 250 g/mol. The molecule has 88 valence electrons. The molecule has 1 aromatic rings. The van der Waals surface area contributed by atoms with Gasteiger partial charge >= 0.3 is 0 Å². The third-order valence-corrected chi connectivity index (χ3v) is 2.98. The van der Waals surface area contributed by atoms with Crippen molar-refractivity contribution in [2.45, 2.75) is 18.9 Å². The van der Waals surface area contributed by atoms with Gasteiger partial charge in [-0.15, -0.1) is 0 Å². The van der Waals surface area contributed by atoms with Crippen molar-refractivity contribution in [1.82, 2.24) is 4.98 Å². The molecule has 5 nitrogen and oxygen atoms in total. The Bertz CT molecular complexity index is 497. The van der Waals surface area contributed by atoms with E-state index in [1.54, 1.807) is 11.0 Å². The van der Waals surface area contributed by atoms with E-state index in [0.29, 0.717) is 24.3 Å². The van der Waals surface area contributed by atoms with Crippen LogP contribution in [0.5, 0.6) is 0 Å². The van der Waals surface area contributed by atoms with Crippen LogP contribution in [0, 0.1) is 11.3 Å². The van der Waals surface area contributed by atoms with E-state index in [0.717, 1.165) is 6.42 Å². The number of carbonyl (C=O) groups excluding carboxylic acids is 1. The lowest BCUT2D eigenvalue weighted by Gasteiger charge is -2.23. The van der Waals surface area contributed by atoms with Crippen molar-refractivity contribution < 1.29 is 4.79 Å². The van der Waals surface area contributed by atoms with Crippen LogP contribution < -0.4 is 10.6 Å². The smallest absolute Gasteiger partial charge is 0.240 e. The Hall–Kier alpha value is -1.80. The number of aromatic nitrogens is 1. The van der Waals surface area contributed by atoms with Crippen molar-refractivity contribution in [2.24, 2.45) is 5.73 Å². The summed E-state index contributed by atoms with van der Waals surface area (Å²) in [6, 6.07) is 4.76. The van der Waals surface area contributed by atoms with Crippen LogP contribution >= 0.6 is 11.6 Å². The Morgan fingerprint density at radius 3 is 3.06 bits per heavy atom. The van der Waals surface area contributed by atoms with E-state index in [1.165, 1.54) is 6.07 Å². The number of halogens is 1. The lowest BCUT2D eigenvalue weighted by atomic mass is 10.2. The molecule has 2 rings (SSSR count). The highest BCUT2D eigenvalue weighted by atomic mass is 35.5. The van der Waals surface area contributed by atoms with E-state index in [-0.39, 0.29) is 17.1 Å². The Kier molecular flexibility index (Phi) is 3.16. The third-order valence-electron chi connectivity index (χ3n) is 2.79. The van der Waals surface area contributed by atoms with E-state index in [9.17, 15) is 4.79 Å². The molecule has 1 aliphatic heterocycles. The van der Waals surface area contributed by atoms with Crippen molar-refractivity contribution in [2.75, 3.05) is 11.4 Å². The number of nitrogens with two attached hydrogens (primary N) is 1. The molecule has 0 aliphatic carbocycles. The zero-order valence-electron chi connectivity index (χ0n) is 9.06. The molecule has 1 aliphatic rings. The zero-order valence-corrected chi connectivity index (χ0v) is 9.81. The summed E-state index contributed by atoms with van der Waals surface area (Å²) in [6.45, 7) is 0.700. The van der Waals surface area contributed by atoms with Gasteiger partial charge in [0, 0.05) is 6.54 Å². The van der Waals surface area contributed by atoms with Crippen molar-refractivity contribution in [3.63, 3.8) is 0 Å². The van der Waals surface area contributed by atoms with Crippen molar-refractivity contribution in [1.29, 1.82) is 5.26 Å². The Labute approximate surface area is 104 Å². The molecule has 0 saturated carbocycles. The summed E-state index contributed by atoms with van der Waals surface area (Å²) in [5.41, 5.74) is 5.75. The van der Waals surface area contributed by atoms with Gasteiger partial charge in [-0.2, -0.15) is 5.26 Å². The molecule has 2 heterocycles. The Morgan fingerprint density at radius 1 is 1.65 bits per heavy atom. The van der Waals surface area contributed by atoms with Crippen LogP contribution in [0.4, 0.5) is 5.82 Å². The first kappa shape index (κ1) is 11.7. The molecular formula is C11H11ClN4O. The zero-order chi connectivity index (χ0) is 12.4. The second-order valence-corrected chi connectivity index (χ2v) is 4.29. The summed E-state index contributed by atoms with van der Waals surface area (Å²) in [5, 5.41) is 9.10. The van der Waals surface area contributed by atoms with Crippen molar-refractivity contribution in [3.8, 4) is 6.07 Å². The predicted molar refractivity (Wildman–Crippen MR) is 63.5 cm³/mol. The molecular weight excluding hydrogens is 240 g/mol. The topological polar surface area (TPSA) is 83.0 Å². The van der Waals surface area contributed by atoms with Gasteiger partial charge in [0.25, 0.3) is 0 Å². The molecule has 1 aromatic heterocycles. The first-order valence-corrected chi connectivity index (χ1v) is 5.63. The lowest BCUT2D eigenvalue weighted by Crippen LogP contribution is -2.40. The van der Waals surface area contributed by atoms with Gasteiger partial charge < -0.3 is 10.6 Å². The number of carbonyl (C=O) groups is 1. The predicted octanol–water partition coefficient (Wildman–Crippen LogP) is 1.06. The molecule has 17 heavy (non-hydrogen) atoms. The maximum Gasteiger partial charge on any atom is 0.240 e. The lowest BCUT2D eigenvalue weighted by molar-refractivity contribution is -0.119. The number of rotatable bonds is 2. The average Bonchev–Trinajstić information content (AvgIpc) is 2.77. The van der Waals surface area contributed by atoms with E-state index in [1.807, 2.05) is 6.07 Å². The molecule has 0 aromatic carbocycles. The molecule has 1 unspecified atom stereocenters. The van der Waals surface area contributed by atoms with E-state index < -0.39 is 0 Å². The summed E-state index contributed by atoms with van der Waals surface area (Å²) >= 11 is 5.83. The molecule has 0 radical (unpaired) electrons. The van der Waals surface area contributed by atoms with Crippen LogP contribution in [0.15, 0.2) is 12.1 Å². The Balaban J connectivity index is 2.37. The van der Waals surface area contributed by atoms with Crippen LogP contribution in [0.1, 0.15) is 18.4 Å². The van der Waals surface area contributed by atoms with E-state index in [2.05, 4.69) is 4.98 Å². The molecule has 0 bridgehead atoms. The maximum atomic E-state index is 11.3. The van der Waals surface area contributed by atoms with E-state index >= 15 is 0 Å². The summed E-state index contributed by atoms with van der Waals surface area (Å²) in [7, 11) is 0. The van der Waals surface area contributed by atoms with Gasteiger partial charge in [-0.1, -0.05) is 11.6 Å². The quantitative estimate of drug-likeness (QED) is 0.796. The number of anilines is 1.